The largest absolute Gasteiger partial charge is 0.321 e. The first kappa shape index (κ1) is 21.1. The van der Waals surface area contributed by atoms with Gasteiger partial charge in [0, 0.05) is 36.6 Å². The van der Waals surface area contributed by atoms with Crippen LogP contribution in [0.4, 0.5) is 5.69 Å². The molecule has 1 heterocycles. The van der Waals surface area contributed by atoms with Gasteiger partial charge >= 0.3 is 0 Å². The van der Waals surface area contributed by atoms with Crippen molar-refractivity contribution in [3.8, 4) is 0 Å². The lowest BCUT2D eigenvalue weighted by Gasteiger charge is -2.31. The second-order valence-corrected chi connectivity index (χ2v) is 9.67. The van der Waals surface area contributed by atoms with E-state index >= 15 is 0 Å². The first-order valence-corrected chi connectivity index (χ1v) is 11.8. The summed E-state index contributed by atoms with van der Waals surface area (Å²) in [5.74, 6) is -0.381. The van der Waals surface area contributed by atoms with E-state index in [0.717, 1.165) is 4.90 Å². The number of hydrogen-bond acceptors (Lipinski definition) is 5. The molecule has 6 nitrogen and oxygen atoms in total. The highest BCUT2D eigenvalue weighted by atomic mass is 35.5. The lowest BCUT2D eigenvalue weighted by atomic mass is 10.2. The smallest absolute Gasteiger partial charge is 0.255 e. The van der Waals surface area contributed by atoms with E-state index in [2.05, 4.69) is 10.2 Å². The van der Waals surface area contributed by atoms with Crippen LogP contribution in [0.3, 0.4) is 0 Å². The molecule has 0 aromatic heterocycles. The Morgan fingerprint density at radius 1 is 1.11 bits per heavy atom. The zero-order valence-corrected chi connectivity index (χ0v) is 18.1. The van der Waals surface area contributed by atoms with Crippen molar-refractivity contribution in [2.24, 2.45) is 0 Å². The Labute approximate surface area is 174 Å². The minimum absolute atomic E-state index is 0.0375. The summed E-state index contributed by atoms with van der Waals surface area (Å²) in [6, 6.07) is 11.8. The number of benzene rings is 2. The molecule has 0 saturated carbocycles. The number of carbonyl (C=O) groups is 1. The molecule has 0 atom stereocenters. The number of carbonyl (C=O) groups excluding carboxylic acids is 1. The molecule has 0 bridgehead atoms. The predicted octanol–water partition coefficient (Wildman–Crippen LogP) is 3.25. The lowest BCUT2D eigenvalue weighted by molar-refractivity contribution is 0.102. The highest BCUT2D eigenvalue weighted by molar-refractivity contribution is 7.98. The normalized spacial score (nSPS) is 16.1. The Kier molecular flexibility index (Phi) is 6.67. The van der Waals surface area contributed by atoms with Crippen LogP contribution >= 0.6 is 23.4 Å². The van der Waals surface area contributed by atoms with Gasteiger partial charge in [-0.1, -0.05) is 23.7 Å². The molecule has 150 valence electrons. The number of para-hydroxylation sites is 1. The summed E-state index contributed by atoms with van der Waals surface area (Å²) >= 11 is 7.71. The Morgan fingerprint density at radius 3 is 2.46 bits per heavy atom. The fraction of sp³-hybridized carbons (Fsp3) is 0.316. The molecule has 28 heavy (non-hydrogen) atoms. The average Bonchev–Trinajstić information content (AvgIpc) is 2.69. The fourth-order valence-electron chi connectivity index (χ4n) is 2.95. The zero-order chi connectivity index (χ0) is 20.3. The van der Waals surface area contributed by atoms with E-state index in [1.54, 1.807) is 0 Å². The molecule has 3 rings (SSSR count). The van der Waals surface area contributed by atoms with Gasteiger partial charge < -0.3 is 10.2 Å². The van der Waals surface area contributed by atoms with Crippen molar-refractivity contribution in [3.05, 3.63) is 53.1 Å². The minimum Gasteiger partial charge on any atom is -0.321 e. The van der Waals surface area contributed by atoms with E-state index in [1.165, 1.54) is 34.3 Å². The third-order valence-corrected chi connectivity index (χ3v) is 7.80. The molecule has 1 fully saturated rings. The molecular formula is C19H22ClN3O3S2. The summed E-state index contributed by atoms with van der Waals surface area (Å²) < 4.78 is 27.5. The quantitative estimate of drug-likeness (QED) is 0.724. The first-order valence-electron chi connectivity index (χ1n) is 8.75. The number of halogens is 1. The summed E-state index contributed by atoms with van der Waals surface area (Å²) in [7, 11) is -1.81. The predicted molar refractivity (Wildman–Crippen MR) is 114 cm³/mol. The topological polar surface area (TPSA) is 69.7 Å². The average molecular weight is 440 g/mol. The molecule has 1 saturated heterocycles. The first-order chi connectivity index (χ1) is 13.3. The Balaban J connectivity index is 1.87. The van der Waals surface area contributed by atoms with Crippen LogP contribution < -0.4 is 5.32 Å². The molecule has 0 radical (unpaired) electrons. The molecule has 9 heteroatoms. The van der Waals surface area contributed by atoms with Crippen molar-refractivity contribution < 1.29 is 13.2 Å². The third kappa shape index (κ3) is 4.52. The Morgan fingerprint density at radius 2 is 1.79 bits per heavy atom. The van der Waals surface area contributed by atoms with E-state index in [-0.39, 0.29) is 21.4 Å². The van der Waals surface area contributed by atoms with Crippen molar-refractivity contribution in [2.45, 2.75) is 9.79 Å². The van der Waals surface area contributed by atoms with Crippen molar-refractivity contribution in [1.82, 2.24) is 9.21 Å². The van der Waals surface area contributed by atoms with Crippen LogP contribution in [0.25, 0.3) is 0 Å². The number of nitrogens with zero attached hydrogens (tertiary/aromatic N) is 2. The summed E-state index contributed by atoms with van der Waals surface area (Å²) in [4.78, 5) is 15.7. The molecule has 1 N–H and O–H groups in total. The minimum atomic E-state index is -3.77. The summed E-state index contributed by atoms with van der Waals surface area (Å²) in [5.41, 5.74) is 0.923. The summed E-state index contributed by atoms with van der Waals surface area (Å²) in [6.07, 6.45) is 1.92. The number of hydrogen-bond donors (Lipinski definition) is 1. The maximum absolute atomic E-state index is 13.0. The van der Waals surface area contributed by atoms with Gasteiger partial charge in [-0.05, 0) is 43.6 Å². The molecule has 1 amide bonds. The molecule has 0 unspecified atom stereocenters. The van der Waals surface area contributed by atoms with E-state index < -0.39 is 10.0 Å². The summed E-state index contributed by atoms with van der Waals surface area (Å²) in [5, 5.41) is 2.95. The number of rotatable bonds is 5. The number of piperazine rings is 1. The van der Waals surface area contributed by atoms with E-state index in [4.69, 9.17) is 11.6 Å². The van der Waals surface area contributed by atoms with Gasteiger partial charge in [0.15, 0.2) is 0 Å². The van der Waals surface area contributed by atoms with Crippen molar-refractivity contribution in [1.29, 1.82) is 0 Å². The van der Waals surface area contributed by atoms with Gasteiger partial charge in [0.1, 0.15) is 4.90 Å². The molecule has 0 spiro atoms. The van der Waals surface area contributed by atoms with E-state index in [9.17, 15) is 13.2 Å². The van der Waals surface area contributed by atoms with Crippen LogP contribution in [0.2, 0.25) is 5.02 Å². The van der Waals surface area contributed by atoms with Gasteiger partial charge in [0.2, 0.25) is 10.0 Å². The van der Waals surface area contributed by atoms with Gasteiger partial charge in [0.05, 0.1) is 10.7 Å². The number of anilines is 1. The van der Waals surface area contributed by atoms with Gasteiger partial charge in [-0.25, -0.2) is 8.42 Å². The third-order valence-electron chi connectivity index (χ3n) is 4.63. The number of thioether (sulfide) groups is 1. The molecule has 1 aliphatic heterocycles. The van der Waals surface area contributed by atoms with Gasteiger partial charge in [-0.15, -0.1) is 11.8 Å². The standard InChI is InChI=1S/C19H22ClN3O3S2/c1-22-9-11-23(12-10-22)28(25,26)18-13-14(7-8-15(18)20)19(24)21-16-5-3-4-6-17(16)27-2/h3-8,13H,9-12H2,1-2H3,(H,21,24). The lowest BCUT2D eigenvalue weighted by Crippen LogP contribution is -2.47. The Hall–Kier alpha value is -1.58. The van der Waals surface area contributed by atoms with Crippen molar-refractivity contribution >= 4 is 45.0 Å². The number of nitrogens with one attached hydrogen (secondary N) is 1. The molecule has 2 aromatic rings. The maximum atomic E-state index is 13.0. The Bertz CT molecular complexity index is 974. The van der Waals surface area contributed by atoms with Crippen molar-refractivity contribution in [3.63, 3.8) is 0 Å². The zero-order valence-electron chi connectivity index (χ0n) is 15.7. The maximum Gasteiger partial charge on any atom is 0.255 e. The number of amides is 1. The van der Waals surface area contributed by atoms with E-state index in [1.807, 2.05) is 37.6 Å². The molecular weight excluding hydrogens is 418 g/mol. The van der Waals surface area contributed by atoms with Crippen LogP contribution in [0.5, 0.6) is 0 Å². The highest BCUT2D eigenvalue weighted by Gasteiger charge is 2.30. The second-order valence-electron chi connectivity index (χ2n) is 6.51. The van der Waals surface area contributed by atoms with Crippen LogP contribution in [-0.4, -0.2) is 63.0 Å². The van der Waals surface area contributed by atoms with Gasteiger partial charge in [0.25, 0.3) is 5.91 Å². The second kappa shape index (κ2) is 8.84. The van der Waals surface area contributed by atoms with Crippen molar-refractivity contribution in [2.75, 3.05) is 44.8 Å². The SMILES string of the molecule is CSc1ccccc1NC(=O)c1ccc(Cl)c(S(=O)(=O)N2CCN(C)CC2)c1. The summed E-state index contributed by atoms with van der Waals surface area (Å²) in [6.45, 7) is 2.10. The van der Waals surface area contributed by atoms with E-state index in [0.29, 0.717) is 31.9 Å². The van der Waals surface area contributed by atoms with Crippen LogP contribution in [0.15, 0.2) is 52.3 Å². The number of likely N-dealkylation sites (N-methyl/N-ethyl adjacent to an activating group) is 1. The molecule has 0 aliphatic carbocycles. The van der Waals surface area contributed by atoms with Gasteiger partial charge in [-0.3, -0.25) is 4.79 Å². The van der Waals surface area contributed by atoms with Gasteiger partial charge in [-0.2, -0.15) is 4.31 Å². The highest BCUT2D eigenvalue weighted by Crippen LogP contribution is 2.28. The fourth-order valence-corrected chi connectivity index (χ4v) is 5.43. The molecule has 2 aromatic carbocycles. The number of sulfonamides is 1. The van der Waals surface area contributed by atoms with Crippen LogP contribution in [0, 0.1) is 0 Å². The van der Waals surface area contributed by atoms with Crippen LogP contribution in [0.1, 0.15) is 10.4 Å². The monoisotopic (exact) mass is 439 g/mol. The molecule has 1 aliphatic rings. The van der Waals surface area contributed by atoms with Crippen LogP contribution in [-0.2, 0) is 10.0 Å².